The van der Waals surface area contributed by atoms with Crippen LogP contribution in [0, 0.1) is 0 Å². The fourth-order valence-electron chi connectivity index (χ4n) is 2.06. The number of amides is 1. The summed E-state index contributed by atoms with van der Waals surface area (Å²) in [5.41, 5.74) is 0.763. The van der Waals surface area contributed by atoms with Crippen molar-refractivity contribution in [2.24, 2.45) is 0 Å². The number of anilines is 2. The van der Waals surface area contributed by atoms with Gasteiger partial charge in [-0.25, -0.2) is 4.98 Å². The van der Waals surface area contributed by atoms with Crippen molar-refractivity contribution in [2.75, 3.05) is 36.9 Å². The normalized spacial score (nSPS) is 14.8. The third kappa shape index (κ3) is 3.43. The van der Waals surface area contributed by atoms with Crippen molar-refractivity contribution in [2.45, 2.75) is 19.3 Å². The van der Waals surface area contributed by atoms with Crippen molar-refractivity contribution < 1.29 is 4.79 Å². The van der Waals surface area contributed by atoms with E-state index in [2.05, 4.69) is 20.5 Å². The van der Waals surface area contributed by atoms with Gasteiger partial charge in [0.2, 0.25) is 5.91 Å². The van der Waals surface area contributed by atoms with Crippen LogP contribution in [0.4, 0.5) is 11.5 Å². The van der Waals surface area contributed by atoms with Crippen LogP contribution in [0.2, 0.25) is 0 Å². The van der Waals surface area contributed by atoms with Gasteiger partial charge < -0.3 is 15.5 Å². The molecule has 1 aromatic rings. The summed E-state index contributed by atoms with van der Waals surface area (Å²) in [7, 11) is 1.83. The molecule has 1 amide bonds. The van der Waals surface area contributed by atoms with E-state index >= 15 is 0 Å². The molecule has 0 spiro atoms. The van der Waals surface area contributed by atoms with E-state index in [1.54, 1.807) is 6.20 Å². The monoisotopic (exact) mass is 248 g/mol. The van der Waals surface area contributed by atoms with Crippen LogP contribution < -0.4 is 15.5 Å². The van der Waals surface area contributed by atoms with Crippen molar-refractivity contribution in [3.63, 3.8) is 0 Å². The van der Waals surface area contributed by atoms with Crippen molar-refractivity contribution >= 4 is 17.4 Å². The Morgan fingerprint density at radius 2 is 2.17 bits per heavy atom. The van der Waals surface area contributed by atoms with Gasteiger partial charge in [-0.1, -0.05) is 0 Å². The number of hydrogen-bond acceptors (Lipinski definition) is 4. The molecule has 0 bridgehead atoms. The molecule has 0 aromatic carbocycles. The Morgan fingerprint density at radius 3 is 2.78 bits per heavy atom. The summed E-state index contributed by atoms with van der Waals surface area (Å²) >= 11 is 0. The van der Waals surface area contributed by atoms with Gasteiger partial charge in [0.1, 0.15) is 5.82 Å². The number of carbonyl (C=O) groups excluding carboxylic acids is 1. The van der Waals surface area contributed by atoms with Crippen molar-refractivity contribution in [1.82, 2.24) is 10.3 Å². The SMILES string of the molecule is CNCCC(=O)Nc1ccc(N2CCCC2)nc1. The Balaban J connectivity index is 1.88. The molecule has 2 heterocycles. The Bertz CT molecular complexity index is 384. The Labute approximate surface area is 108 Å². The highest BCUT2D eigenvalue weighted by molar-refractivity contribution is 5.90. The average Bonchev–Trinajstić information content (AvgIpc) is 2.91. The summed E-state index contributed by atoms with van der Waals surface area (Å²) < 4.78 is 0. The van der Waals surface area contributed by atoms with E-state index in [0.29, 0.717) is 13.0 Å². The van der Waals surface area contributed by atoms with Crippen LogP contribution in [0.3, 0.4) is 0 Å². The summed E-state index contributed by atoms with van der Waals surface area (Å²) in [4.78, 5) is 18.2. The van der Waals surface area contributed by atoms with E-state index in [0.717, 1.165) is 24.6 Å². The zero-order valence-electron chi connectivity index (χ0n) is 10.8. The highest BCUT2D eigenvalue weighted by Crippen LogP contribution is 2.18. The van der Waals surface area contributed by atoms with Gasteiger partial charge in [-0.15, -0.1) is 0 Å². The molecule has 1 aliphatic heterocycles. The van der Waals surface area contributed by atoms with E-state index < -0.39 is 0 Å². The molecule has 18 heavy (non-hydrogen) atoms. The first-order valence-electron chi connectivity index (χ1n) is 6.45. The first-order valence-corrected chi connectivity index (χ1v) is 6.45. The molecule has 0 unspecified atom stereocenters. The predicted octanol–water partition coefficient (Wildman–Crippen LogP) is 1.23. The Morgan fingerprint density at radius 1 is 1.39 bits per heavy atom. The molecule has 5 nitrogen and oxygen atoms in total. The molecule has 0 radical (unpaired) electrons. The second-order valence-electron chi connectivity index (χ2n) is 4.50. The second kappa shape index (κ2) is 6.35. The van der Waals surface area contributed by atoms with Crippen LogP contribution in [0.1, 0.15) is 19.3 Å². The van der Waals surface area contributed by atoms with Crippen LogP contribution in [0.25, 0.3) is 0 Å². The summed E-state index contributed by atoms with van der Waals surface area (Å²) in [5.74, 6) is 1.01. The standard InChI is InChI=1S/C13H20N4O/c1-14-7-6-13(18)16-11-4-5-12(15-10-11)17-8-2-3-9-17/h4-5,10,14H,2-3,6-9H2,1H3,(H,16,18). The molecule has 2 rings (SSSR count). The number of aromatic nitrogens is 1. The number of nitrogens with one attached hydrogen (secondary N) is 2. The zero-order valence-corrected chi connectivity index (χ0v) is 10.8. The molecule has 1 saturated heterocycles. The molecule has 0 atom stereocenters. The largest absolute Gasteiger partial charge is 0.357 e. The molecule has 1 aromatic heterocycles. The Kier molecular flexibility index (Phi) is 4.52. The van der Waals surface area contributed by atoms with Crippen molar-refractivity contribution in [3.05, 3.63) is 18.3 Å². The maximum Gasteiger partial charge on any atom is 0.225 e. The quantitative estimate of drug-likeness (QED) is 0.823. The van der Waals surface area contributed by atoms with Gasteiger partial charge in [0, 0.05) is 26.1 Å². The third-order valence-corrected chi connectivity index (χ3v) is 3.06. The van der Waals surface area contributed by atoms with Gasteiger partial charge in [-0.3, -0.25) is 4.79 Å². The smallest absolute Gasteiger partial charge is 0.225 e. The van der Waals surface area contributed by atoms with Crippen molar-refractivity contribution in [1.29, 1.82) is 0 Å². The number of nitrogens with zero attached hydrogens (tertiary/aromatic N) is 2. The summed E-state index contributed by atoms with van der Waals surface area (Å²) in [5, 5.41) is 5.78. The van der Waals surface area contributed by atoms with Crippen LogP contribution in [-0.4, -0.2) is 37.6 Å². The maximum absolute atomic E-state index is 11.5. The lowest BCUT2D eigenvalue weighted by molar-refractivity contribution is -0.116. The van der Waals surface area contributed by atoms with E-state index in [-0.39, 0.29) is 5.91 Å². The minimum atomic E-state index is 0.0140. The fourth-order valence-corrected chi connectivity index (χ4v) is 2.06. The van der Waals surface area contributed by atoms with E-state index in [1.165, 1.54) is 12.8 Å². The van der Waals surface area contributed by atoms with Crippen LogP contribution in [0.15, 0.2) is 18.3 Å². The predicted molar refractivity (Wildman–Crippen MR) is 72.9 cm³/mol. The second-order valence-corrected chi connectivity index (χ2v) is 4.50. The molecule has 0 saturated carbocycles. The number of rotatable bonds is 5. The highest BCUT2D eigenvalue weighted by atomic mass is 16.1. The van der Waals surface area contributed by atoms with Crippen LogP contribution in [0.5, 0.6) is 0 Å². The van der Waals surface area contributed by atoms with Gasteiger partial charge in [0.25, 0.3) is 0 Å². The first kappa shape index (κ1) is 12.8. The zero-order chi connectivity index (χ0) is 12.8. The lowest BCUT2D eigenvalue weighted by Gasteiger charge is -2.16. The van der Waals surface area contributed by atoms with Crippen molar-refractivity contribution in [3.8, 4) is 0 Å². The van der Waals surface area contributed by atoms with E-state index in [1.807, 2.05) is 19.2 Å². The number of pyridine rings is 1. The molecule has 0 aliphatic carbocycles. The van der Waals surface area contributed by atoms with Gasteiger partial charge in [0.15, 0.2) is 0 Å². The lowest BCUT2D eigenvalue weighted by Crippen LogP contribution is -2.20. The molecule has 98 valence electrons. The summed E-state index contributed by atoms with van der Waals surface area (Å²) in [6, 6.07) is 3.89. The number of carbonyl (C=O) groups is 1. The highest BCUT2D eigenvalue weighted by Gasteiger charge is 2.13. The van der Waals surface area contributed by atoms with Crippen LogP contribution >= 0.6 is 0 Å². The van der Waals surface area contributed by atoms with Gasteiger partial charge in [-0.05, 0) is 32.0 Å². The molecular formula is C13H20N4O. The molecular weight excluding hydrogens is 228 g/mol. The topological polar surface area (TPSA) is 57.3 Å². The van der Waals surface area contributed by atoms with Crippen LogP contribution in [-0.2, 0) is 4.79 Å². The van der Waals surface area contributed by atoms with E-state index in [4.69, 9.17) is 0 Å². The average molecular weight is 248 g/mol. The van der Waals surface area contributed by atoms with Gasteiger partial charge in [0.05, 0.1) is 11.9 Å². The Hall–Kier alpha value is -1.62. The molecule has 5 heteroatoms. The molecule has 2 N–H and O–H groups in total. The maximum atomic E-state index is 11.5. The minimum Gasteiger partial charge on any atom is -0.357 e. The fraction of sp³-hybridized carbons (Fsp3) is 0.538. The third-order valence-electron chi connectivity index (χ3n) is 3.06. The molecule has 1 fully saturated rings. The summed E-state index contributed by atoms with van der Waals surface area (Å²) in [6.45, 7) is 2.85. The lowest BCUT2D eigenvalue weighted by atomic mass is 10.3. The number of hydrogen-bond donors (Lipinski definition) is 2. The minimum absolute atomic E-state index is 0.0140. The van der Waals surface area contributed by atoms with Gasteiger partial charge in [-0.2, -0.15) is 0 Å². The summed E-state index contributed by atoms with van der Waals surface area (Å²) in [6.07, 6.45) is 4.68. The first-order chi connectivity index (χ1) is 8.79. The molecule has 1 aliphatic rings. The van der Waals surface area contributed by atoms with E-state index in [9.17, 15) is 4.79 Å². The van der Waals surface area contributed by atoms with Gasteiger partial charge >= 0.3 is 0 Å².